The van der Waals surface area contributed by atoms with Crippen molar-refractivity contribution in [1.82, 2.24) is 0 Å². The maximum Gasteiger partial charge on any atom is 0.367 e. The Balaban J connectivity index is 1.45. The quantitative estimate of drug-likeness (QED) is 0.129. The summed E-state index contributed by atoms with van der Waals surface area (Å²) in [4.78, 5) is 44.3. The van der Waals surface area contributed by atoms with Gasteiger partial charge in [-0.25, -0.2) is 9.59 Å². The molecule has 12 nitrogen and oxygen atoms in total. The first-order valence-electron chi connectivity index (χ1n) is 10.6. The third-order valence-electron chi connectivity index (χ3n) is 4.33. The number of nitro groups is 2. The average Bonchev–Trinajstić information content (AvgIpc) is 2.87. The molecule has 0 spiro atoms. The zero-order chi connectivity index (χ0) is 26.2. The topological polar surface area (TPSA) is 157 Å². The van der Waals surface area contributed by atoms with E-state index in [2.05, 4.69) is 0 Å². The Morgan fingerprint density at radius 2 is 1.06 bits per heavy atom. The Bertz CT molecular complexity index is 956. The fourth-order valence-electron chi connectivity index (χ4n) is 2.67. The lowest BCUT2D eigenvalue weighted by Crippen LogP contribution is -2.10. The Morgan fingerprint density at radius 3 is 1.44 bits per heavy atom. The minimum absolute atomic E-state index is 0.104. The first-order valence-corrected chi connectivity index (χ1v) is 12.5. The van der Waals surface area contributed by atoms with Crippen LogP contribution in [0.2, 0.25) is 0 Å². The van der Waals surface area contributed by atoms with Gasteiger partial charge >= 0.3 is 10.6 Å². The maximum atomic E-state index is 11.8. The number of benzene rings is 2. The molecule has 0 radical (unpaired) electrons. The van der Waals surface area contributed by atoms with Crippen LogP contribution in [0.15, 0.2) is 48.5 Å². The van der Waals surface area contributed by atoms with E-state index in [0.717, 1.165) is 23.5 Å². The van der Waals surface area contributed by atoms with Gasteiger partial charge in [0.25, 0.3) is 11.4 Å². The van der Waals surface area contributed by atoms with Gasteiger partial charge in [-0.05, 0) is 35.7 Å². The van der Waals surface area contributed by atoms with Gasteiger partial charge in [0, 0.05) is 23.6 Å². The van der Waals surface area contributed by atoms with Gasteiger partial charge in [-0.2, -0.15) is 0 Å². The molecule has 0 aliphatic heterocycles. The molecule has 0 aliphatic rings. The summed E-state index contributed by atoms with van der Waals surface area (Å²) in [6.45, 7) is 0.769. The lowest BCUT2D eigenvalue weighted by molar-refractivity contribution is -0.386. The number of carbonyl (C=O) groups is 2. The molecule has 0 atom stereocenters. The number of thioether (sulfide) groups is 2. The molecule has 14 heteroatoms. The minimum atomic E-state index is -0.557. The SMILES string of the molecule is O=C(OCc1ccccc1[N+](=O)[O-])SCCOCCOCCSC(=O)OCc1ccccc1[N+](=O)[O-]. The third kappa shape index (κ3) is 11.0. The van der Waals surface area contributed by atoms with Gasteiger partial charge in [0.2, 0.25) is 0 Å². The molecule has 36 heavy (non-hydrogen) atoms. The van der Waals surface area contributed by atoms with Gasteiger partial charge in [-0.1, -0.05) is 24.3 Å². The summed E-state index contributed by atoms with van der Waals surface area (Å²) in [7, 11) is 0. The molecule has 0 fully saturated rings. The standard InChI is InChI=1S/C22H24N2O10S2/c25-21(33-15-17-5-1-3-7-19(17)23(27)28)35-13-11-31-9-10-32-12-14-36-22(26)34-16-18-6-2-4-8-20(18)24(29)30/h1-8H,9-16H2. The predicted molar refractivity (Wildman–Crippen MR) is 133 cm³/mol. The molecule has 0 unspecified atom stereocenters. The average molecular weight is 541 g/mol. The summed E-state index contributed by atoms with van der Waals surface area (Å²) < 4.78 is 20.8. The highest BCUT2D eigenvalue weighted by atomic mass is 32.2. The molecule has 0 saturated carbocycles. The monoisotopic (exact) mass is 540 g/mol. The molecule has 0 amide bonds. The molecule has 0 bridgehead atoms. The molecular weight excluding hydrogens is 516 g/mol. The molecule has 0 aromatic heterocycles. The highest BCUT2D eigenvalue weighted by Crippen LogP contribution is 2.20. The minimum Gasteiger partial charge on any atom is -0.452 e. The van der Waals surface area contributed by atoms with Crippen LogP contribution in [0.1, 0.15) is 11.1 Å². The number of carbonyl (C=O) groups excluding carboxylic acids is 2. The van der Waals surface area contributed by atoms with Gasteiger partial charge < -0.3 is 18.9 Å². The molecule has 194 valence electrons. The van der Waals surface area contributed by atoms with Crippen molar-refractivity contribution in [3.05, 3.63) is 79.9 Å². The first kappa shape index (κ1) is 29.0. The predicted octanol–water partition coefficient (Wildman–Crippen LogP) is 4.98. The first-order chi connectivity index (χ1) is 17.4. The number of hydrogen-bond donors (Lipinski definition) is 0. The zero-order valence-corrected chi connectivity index (χ0v) is 20.7. The Labute approximate surface area is 214 Å². The number of nitrogens with zero attached hydrogens (tertiary/aromatic N) is 2. The maximum absolute atomic E-state index is 11.8. The van der Waals surface area contributed by atoms with Gasteiger partial charge in [-0.3, -0.25) is 20.2 Å². The van der Waals surface area contributed by atoms with Crippen molar-refractivity contribution in [1.29, 1.82) is 0 Å². The van der Waals surface area contributed by atoms with Crippen LogP contribution in [-0.4, -0.2) is 58.4 Å². The summed E-state index contributed by atoms with van der Waals surface area (Å²) in [6, 6.07) is 12.1. The van der Waals surface area contributed by atoms with E-state index >= 15 is 0 Å². The summed E-state index contributed by atoms with van der Waals surface area (Å²) in [6.07, 6.45) is 0. The van der Waals surface area contributed by atoms with Crippen molar-refractivity contribution in [3.8, 4) is 0 Å². The molecule has 2 aromatic carbocycles. The molecule has 0 aliphatic carbocycles. The van der Waals surface area contributed by atoms with E-state index in [4.69, 9.17) is 18.9 Å². The smallest absolute Gasteiger partial charge is 0.367 e. The van der Waals surface area contributed by atoms with Gasteiger partial charge in [0.15, 0.2) is 0 Å². The van der Waals surface area contributed by atoms with Crippen molar-refractivity contribution < 1.29 is 38.4 Å². The van der Waals surface area contributed by atoms with E-state index in [1.807, 2.05) is 0 Å². The number of nitro benzene ring substituents is 2. The van der Waals surface area contributed by atoms with Crippen LogP contribution in [0.3, 0.4) is 0 Å². The fourth-order valence-corrected chi connectivity index (χ4v) is 3.69. The molecule has 0 saturated heterocycles. The van der Waals surface area contributed by atoms with E-state index < -0.39 is 20.4 Å². The summed E-state index contributed by atoms with van der Waals surface area (Å²) >= 11 is 1.80. The second-order valence-corrected chi connectivity index (χ2v) is 8.83. The third-order valence-corrected chi connectivity index (χ3v) is 5.78. The van der Waals surface area contributed by atoms with Crippen LogP contribution in [0.25, 0.3) is 0 Å². The van der Waals surface area contributed by atoms with Crippen LogP contribution in [0, 0.1) is 20.2 Å². The van der Waals surface area contributed by atoms with Crippen LogP contribution in [-0.2, 0) is 32.2 Å². The normalized spacial score (nSPS) is 10.6. The van der Waals surface area contributed by atoms with Crippen molar-refractivity contribution in [2.75, 3.05) is 37.9 Å². The van der Waals surface area contributed by atoms with E-state index in [1.165, 1.54) is 36.4 Å². The molecule has 0 N–H and O–H groups in total. The van der Waals surface area contributed by atoms with E-state index in [9.17, 15) is 29.8 Å². The number of ether oxygens (including phenoxy) is 4. The van der Waals surface area contributed by atoms with Crippen molar-refractivity contribution in [2.24, 2.45) is 0 Å². The Hall–Kier alpha value is -3.20. The van der Waals surface area contributed by atoms with E-state index in [0.29, 0.717) is 35.8 Å². The highest BCUT2D eigenvalue weighted by Gasteiger charge is 2.15. The van der Waals surface area contributed by atoms with Crippen LogP contribution < -0.4 is 0 Å². The molecule has 2 rings (SSSR count). The van der Waals surface area contributed by atoms with Crippen LogP contribution in [0.4, 0.5) is 21.0 Å². The highest BCUT2D eigenvalue weighted by molar-refractivity contribution is 8.13. The number of para-hydroxylation sites is 2. The summed E-state index contributed by atoms with van der Waals surface area (Å²) in [5.41, 5.74) is 0.424. The van der Waals surface area contributed by atoms with Crippen molar-refractivity contribution in [3.63, 3.8) is 0 Å². The van der Waals surface area contributed by atoms with Crippen LogP contribution >= 0.6 is 23.5 Å². The second-order valence-electron chi connectivity index (χ2n) is 6.77. The lowest BCUT2D eigenvalue weighted by Gasteiger charge is -2.07. The Kier molecular flexibility index (Phi) is 13.3. The van der Waals surface area contributed by atoms with Crippen molar-refractivity contribution in [2.45, 2.75) is 13.2 Å². The summed E-state index contributed by atoms with van der Waals surface area (Å²) in [5.74, 6) is 0.688. The van der Waals surface area contributed by atoms with E-state index in [-0.39, 0.29) is 37.8 Å². The summed E-state index contributed by atoms with van der Waals surface area (Å²) in [5, 5.41) is 20.8. The van der Waals surface area contributed by atoms with Crippen molar-refractivity contribution >= 4 is 45.5 Å². The number of rotatable bonds is 15. The Morgan fingerprint density at radius 1 is 0.667 bits per heavy atom. The fraction of sp³-hybridized carbons (Fsp3) is 0.364. The molecule has 2 aromatic rings. The van der Waals surface area contributed by atoms with Gasteiger partial charge in [0.05, 0.1) is 47.4 Å². The second kappa shape index (κ2) is 16.5. The van der Waals surface area contributed by atoms with E-state index in [1.54, 1.807) is 12.1 Å². The molecular formula is C22H24N2O10S2. The number of hydrogen-bond acceptors (Lipinski definition) is 12. The zero-order valence-electron chi connectivity index (χ0n) is 19.1. The largest absolute Gasteiger partial charge is 0.452 e. The van der Waals surface area contributed by atoms with Gasteiger partial charge in [0.1, 0.15) is 13.2 Å². The molecule has 0 heterocycles. The van der Waals surface area contributed by atoms with Gasteiger partial charge in [-0.15, -0.1) is 0 Å². The lowest BCUT2D eigenvalue weighted by atomic mass is 10.2. The van der Waals surface area contributed by atoms with Crippen LogP contribution in [0.5, 0.6) is 0 Å².